The standard InChI is InChI=1S/C8H15N/c1-7(2)9-6-8-4-3-5-8/h6-7,9H,3-5H2,1-2H3. The van der Waals surface area contributed by atoms with Gasteiger partial charge in [0.25, 0.3) is 0 Å². The summed E-state index contributed by atoms with van der Waals surface area (Å²) >= 11 is 0. The van der Waals surface area contributed by atoms with Gasteiger partial charge in [0.2, 0.25) is 0 Å². The van der Waals surface area contributed by atoms with Crippen LogP contribution in [0.5, 0.6) is 0 Å². The third-order valence-corrected chi connectivity index (χ3v) is 1.62. The lowest BCUT2D eigenvalue weighted by Crippen LogP contribution is -2.17. The zero-order valence-electron chi connectivity index (χ0n) is 6.28. The van der Waals surface area contributed by atoms with Crippen LogP contribution in [-0.4, -0.2) is 6.04 Å². The van der Waals surface area contributed by atoms with Crippen molar-refractivity contribution in [2.24, 2.45) is 0 Å². The molecule has 0 atom stereocenters. The fourth-order valence-electron chi connectivity index (χ4n) is 0.810. The molecule has 0 saturated heterocycles. The van der Waals surface area contributed by atoms with Crippen molar-refractivity contribution in [3.05, 3.63) is 11.8 Å². The number of hydrogen-bond donors (Lipinski definition) is 1. The van der Waals surface area contributed by atoms with Crippen LogP contribution in [0.4, 0.5) is 0 Å². The second-order valence-corrected chi connectivity index (χ2v) is 2.98. The molecule has 9 heavy (non-hydrogen) atoms. The van der Waals surface area contributed by atoms with Crippen molar-refractivity contribution in [1.82, 2.24) is 5.32 Å². The van der Waals surface area contributed by atoms with Gasteiger partial charge in [0.1, 0.15) is 0 Å². The second kappa shape index (κ2) is 2.90. The van der Waals surface area contributed by atoms with Crippen LogP contribution < -0.4 is 5.32 Å². The summed E-state index contributed by atoms with van der Waals surface area (Å²) in [5.74, 6) is 0. The SMILES string of the molecule is CC(C)NC=C1CCC1. The molecule has 0 aliphatic heterocycles. The van der Waals surface area contributed by atoms with Gasteiger partial charge in [-0.05, 0) is 39.3 Å². The van der Waals surface area contributed by atoms with E-state index in [2.05, 4.69) is 25.4 Å². The quantitative estimate of drug-likeness (QED) is 0.595. The Morgan fingerprint density at radius 2 is 2.11 bits per heavy atom. The second-order valence-electron chi connectivity index (χ2n) is 2.98. The van der Waals surface area contributed by atoms with Crippen molar-refractivity contribution >= 4 is 0 Å². The maximum Gasteiger partial charge on any atom is 0.0199 e. The molecule has 52 valence electrons. The normalized spacial score (nSPS) is 17.4. The molecule has 0 aromatic carbocycles. The molecule has 0 heterocycles. The molecule has 0 spiro atoms. The average molecular weight is 125 g/mol. The highest BCUT2D eigenvalue weighted by atomic mass is 14.9. The minimum Gasteiger partial charge on any atom is -0.389 e. The van der Waals surface area contributed by atoms with Crippen molar-refractivity contribution < 1.29 is 0 Å². The van der Waals surface area contributed by atoms with Gasteiger partial charge >= 0.3 is 0 Å². The van der Waals surface area contributed by atoms with Crippen LogP contribution in [0.1, 0.15) is 33.1 Å². The van der Waals surface area contributed by atoms with E-state index >= 15 is 0 Å². The predicted octanol–water partition coefficient (Wildman–Crippen LogP) is 2.05. The first-order valence-corrected chi connectivity index (χ1v) is 3.73. The molecule has 1 heteroatoms. The van der Waals surface area contributed by atoms with Gasteiger partial charge in [-0.15, -0.1) is 0 Å². The third kappa shape index (κ3) is 2.08. The smallest absolute Gasteiger partial charge is 0.0199 e. The van der Waals surface area contributed by atoms with Crippen molar-refractivity contribution in [2.75, 3.05) is 0 Å². The van der Waals surface area contributed by atoms with Crippen molar-refractivity contribution in [3.63, 3.8) is 0 Å². The van der Waals surface area contributed by atoms with Crippen molar-refractivity contribution in [2.45, 2.75) is 39.2 Å². The van der Waals surface area contributed by atoms with E-state index in [1.807, 2.05) is 0 Å². The molecular formula is C8H15N. The predicted molar refractivity (Wildman–Crippen MR) is 40.2 cm³/mol. The molecule has 0 aromatic heterocycles. The minimum absolute atomic E-state index is 0.595. The lowest BCUT2D eigenvalue weighted by molar-refractivity contribution is 0.627. The molecular weight excluding hydrogens is 110 g/mol. The van der Waals surface area contributed by atoms with E-state index in [1.54, 1.807) is 5.57 Å². The summed E-state index contributed by atoms with van der Waals surface area (Å²) in [5, 5.41) is 3.29. The van der Waals surface area contributed by atoms with E-state index in [0.29, 0.717) is 6.04 Å². The lowest BCUT2D eigenvalue weighted by atomic mass is 9.93. The highest BCUT2D eigenvalue weighted by Crippen LogP contribution is 2.23. The molecule has 1 aliphatic carbocycles. The Labute approximate surface area is 57.1 Å². The Balaban J connectivity index is 2.15. The van der Waals surface area contributed by atoms with Gasteiger partial charge in [0.05, 0.1) is 0 Å². The van der Waals surface area contributed by atoms with E-state index in [9.17, 15) is 0 Å². The molecule has 1 nitrogen and oxygen atoms in total. The highest BCUT2D eigenvalue weighted by Gasteiger charge is 2.06. The molecule has 0 unspecified atom stereocenters. The highest BCUT2D eigenvalue weighted by molar-refractivity contribution is 5.08. The van der Waals surface area contributed by atoms with Gasteiger partial charge in [-0.3, -0.25) is 0 Å². The molecule has 0 bridgehead atoms. The van der Waals surface area contributed by atoms with Crippen LogP contribution in [0.3, 0.4) is 0 Å². The summed E-state index contributed by atoms with van der Waals surface area (Å²) in [5.41, 5.74) is 1.59. The molecule has 1 fully saturated rings. The van der Waals surface area contributed by atoms with Crippen LogP contribution in [-0.2, 0) is 0 Å². The molecule has 1 N–H and O–H groups in total. The molecule has 0 aromatic rings. The van der Waals surface area contributed by atoms with Crippen LogP contribution in [0.25, 0.3) is 0 Å². The van der Waals surface area contributed by atoms with Crippen molar-refractivity contribution in [1.29, 1.82) is 0 Å². The summed E-state index contributed by atoms with van der Waals surface area (Å²) < 4.78 is 0. The van der Waals surface area contributed by atoms with E-state index in [1.165, 1.54) is 19.3 Å². The van der Waals surface area contributed by atoms with Gasteiger partial charge in [0.15, 0.2) is 0 Å². The Kier molecular flexibility index (Phi) is 2.15. The Morgan fingerprint density at radius 3 is 2.44 bits per heavy atom. The van der Waals surface area contributed by atoms with Crippen LogP contribution in [0.2, 0.25) is 0 Å². The number of hydrogen-bond acceptors (Lipinski definition) is 1. The fourth-order valence-corrected chi connectivity index (χ4v) is 0.810. The molecule has 0 radical (unpaired) electrons. The molecule has 1 saturated carbocycles. The maximum atomic E-state index is 3.29. The van der Waals surface area contributed by atoms with Gasteiger partial charge in [-0.1, -0.05) is 5.57 Å². The van der Waals surface area contributed by atoms with E-state index in [-0.39, 0.29) is 0 Å². The molecule has 0 amide bonds. The zero-order valence-corrected chi connectivity index (χ0v) is 6.28. The van der Waals surface area contributed by atoms with Gasteiger partial charge in [-0.2, -0.15) is 0 Å². The summed E-state index contributed by atoms with van der Waals surface area (Å²) in [6.45, 7) is 4.32. The minimum atomic E-state index is 0.595. The van der Waals surface area contributed by atoms with E-state index < -0.39 is 0 Å². The van der Waals surface area contributed by atoms with Gasteiger partial charge < -0.3 is 5.32 Å². The monoisotopic (exact) mass is 125 g/mol. The Hall–Kier alpha value is -0.460. The maximum absolute atomic E-state index is 3.29. The van der Waals surface area contributed by atoms with Gasteiger partial charge in [-0.25, -0.2) is 0 Å². The fraction of sp³-hybridized carbons (Fsp3) is 0.750. The zero-order chi connectivity index (χ0) is 6.69. The average Bonchev–Trinajstić information content (AvgIpc) is 1.60. The first kappa shape index (κ1) is 6.66. The number of rotatable bonds is 2. The topological polar surface area (TPSA) is 12.0 Å². The third-order valence-electron chi connectivity index (χ3n) is 1.62. The molecule has 1 aliphatic rings. The van der Waals surface area contributed by atoms with E-state index in [4.69, 9.17) is 0 Å². The first-order valence-electron chi connectivity index (χ1n) is 3.73. The van der Waals surface area contributed by atoms with Crippen LogP contribution in [0.15, 0.2) is 11.8 Å². The Morgan fingerprint density at radius 1 is 1.44 bits per heavy atom. The number of allylic oxidation sites excluding steroid dienone is 1. The molecule has 1 rings (SSSR count). The summed E-state index contributed by atoms with van der Waals surface area (Å²) in [4.78, 5) is 0. The summed E-state index contributed by atoms with van der Waals surface area (Å²) in [7, 11) is 0. The Bertz CT molecular complexity index is 108. The van der Waals surface area contributed by atoms with Crippen LogP contribution >= 0.6 is 0 Å². The van der Waals surface area contributed by atoms with E-state index in [0.717, 1.165) is 0 Å². The summed E-state index contributed by atoms with van der Waals surface area (Å²) in [6.07, 6.45) is 6.21. The number of nitrogens with one attached hydrogen (secondary N) is 1. The van der Waals surface area contributed by atoms with Crippen molar-refractivity contribution in [3.8, 4) is 0 Å². The summed E-state index contributed by atoms with van der Waals surface area (Å²) in [6, 6.07) is 0.595. The van der Waals surface area contributed by atoms with Gasteiger partial charge in [0, 0.05) is 6.04 Å². The first-order chi connectivity index (χ1) is 4.29. The largest absolute Gasteiger partial charge is 0.389 e. The lowest BCUT2D eigenvalue weighted by Gasteiger charge is -2.17. The van der Waals surface area contributed by atoms with Crippen LogP contribution in [0, 0.1) is 0 Å².